The van der Waals surface area contributed by atoms with Crippen molar-refractivity contribution in [1.29, 1.82) is 0 Å². The number of aryl methyl sites for hydroxylation is 1. The Morgan fingerprint density at radius 1 is 0.933 bits per heavy atom. The van der Waals surface area contributed by atoms with E-state index in [1.807, 2.05) is 97.3 Å². The topological polar surface area (TPSA) is 120 Å². The summed E-state index contributed by atoms with van der Waals surface area (Å²) in [5, 5.41) is 5.33. The van der Waals surface area contributed by atoms with Gasteiger partial charge in [0.05, 0.1) is 13.2 Å². The van der Waals surface area contributed by atoms with Crippen molar-refractivity contribution in [2.75, 3.05) is 18.6 Å². The number of hydrogen-bond donors (Lipinski definition) is 3. The highest BCUT2D eigenvalue weighted by molar-refractivity contribution is 5.98. The normalized spacial score (nSPS) is 14.8. The van der Waals surface area contributed by atoms with Crippen molar-refractivity contribution >= 4 is 40.2 Å². The summed E-state index contributed by atoms with van der Waals surface area (Å²) in [6.07, 6.45) is 12.7. The number of rotatable bonds is 11. The number of anilines is 1. The fourth-order valence-electron chi connectivity index (χ4n) is 5.14. The third-order valence-corrected chi connectivity index (χ3v) is 7.80. The van der Waals surface area contributed by atoms with E-state index in [9.17, 15) is 19.2 Å². The van der Waals surface area contributed by atoms with Crippen LogP contribution in [0.4, 0.5) is 5.69 Å². The largest absolute Gasteiger partial charge is 0.466 e. The van der Waals surface area contributed by atoms with Crippen LogP contribution in [0.3, 0.4) is 0 Å². The number of methoxy groups -OCH3 is 1. The van der Waals surface area contributed by atoms with Gasteiger partial charge in [-0.3, -0.25) is 25.2 Å². The Labute approximate surface area is 262 Å². The number of hydrazine groups is 1. The van der Waals surface area contributed by atoms with Gasteiger partial charge in [-0.05, 0) is 66.1 Å². The molecule has 3 amide bonds. The molecule has 10 heteroatoms. The number of nitrogens with one attached hydrogen (secondary N) is 3. The molecule has 0 bridgehead atoms. The van der Waals surface area contributed by atoms with Crippen LogP contribution in [-0.2, 0) is 25.5 Å². The fourth-order valence-corrected chi connectivity index (χ4v) is 5.14. The molecule has 10 nitrogen and oxygen atoms in total. The van der Waals surface area contributed by atoms with Crippen LogP contribution in [0.25, 0.3) is 10.8 Å². The first-order valence-electron chi connectivity index (χ1n) is 15.0. The summed E-state index contributed by atoms with van der Waals surface area (Å²) in [7, 11) is 1.20. The molecule has 1 heterocycles. The van der Waals surface area contributed by atoms with Crippen LogP contribution in [-0.4, -0.2) is 42.2 Å². The van der Waals surface area contributed by atoms with Gasteiger partial charge in [-0.1, -0.05) is 48.5 Å². The van der Waals surface area contributed by atoms with Crippen molar-refractivity contribution < 1.29 is 23.9 Å². The van der Waals surface area contributed by atoms with Gasteiger partial charge in [0.2, 0.25) is 5.91 Å². The maximum Gasteiger partial charge on any atom is 0.330 e. The number of carbonyl (C=O) groups excluding carboxylic acids is 4. The molecule has 45 heavy (non-hydrogen) atoms. The fraction of sp³-hybridized carbons (Fsp3) is 0.257. The van der Waals surface area contributed by atoms with Crippen molar-refractivity contribution in [2.24, 2.45) is 5.92 Å². The summed E-state index contributed by atoms with van der Waals surface area (Å²) in [6.45, 7) is 2.96. The highest BCUT2D eigenvalue weighted by Crippen LogP contribution is 2.31. The minimum absolute atomic E-state index is 0.0130. The quantitative estimate of drug-likeness (QED) is 0.165. The van der Waals surface area contributed by atoms with E-state index in [1.54, 1.807) is 0 Å². The second-order valence-corrected chi connectivity index (χ2v) is 11.1. The van der Waals surface area contributed by atoms with Gasteiger partial charge < -0.3 is 19.9 Å². The molecule has 3 N–H and O–H groups in total. The minimum Gasteiger partial charge on any atom is -0.466 e. The van der Waals surface area contributed by atoms with Crippen molar-refractivity contribution in [3.05, 3.63) is 114 Å². The lowest BCUT2D eigenvalue weighted by Gasteiger charge is -2.26. The molecule has 0 spiro atoms. The number of hydrogen-bond acceptors (Lipinski definition) is 7. The zero-order valence-corrected chi connectivity index (χ0v) is 25.4. The molecule has 1 saturated carbocycles. The molecule has 2 aliphatic rings. The molecule has 0 saturated heterocycles. The van der Waals surface area contributed by atoms with Crippen LogP contribution in [0.2, 0.25) is 0 Å². The highest BCUT2D eigenvalue weighted by Gasteiger charge is 2.24. The Bertz CT molecular complexity index is 1660. The zero-order valence-electron chi connectivity index (χ0n) is 25.4. The smallest absolute Gasteiger partial charge is 0.330 e. The summed E-state index contributed by atoms with van der Waals surface area (Å²) < 4.78 is 4.44. The number of esters is 1. The lowest BCUT2D eigenvalue weighted by Crippen LogP contribution is -2.41. The van der Waals surface area contributed by atoms with E-state index in [0.29, 0.717) is 11.1 Å². The first-order valence-corrected chi connectivity index (χ1v) is 15.0. The molecular weight excluding hydrogens is 570 g/mol. The molecule has 3 aromatic rings. The minimum atomic E-state index is -0.688. The van der Waals surface area contributed by atoms with E-state index in [4.69, 9.17) is 0 Å². The average Bonchev–Trinajstić information content (AvgIpc) is 3.89. The summed E-state index contributed by atoms with van der Waals surface area (Å²) in [5.74, 6) is -1.32. The first kappa shape index (κ1) is 31.1. The van der Waals surface area contributed by atoms with Crippen molar-refractivity contribution in [3.63, 3.8) is 0 Å². The van der Waals surface area contributed by atoms with Gasteiger partial charge in [-0.2, -0.15) is 0 Å². The van der Waals surface area contributed by atoms with E-state index in [2.05, 4.69) is 25.8 Å². The molecule has 3 aromatic carbocycles. The van der Waals surface area contributed by atoms with Gasteiger partial charge in [0.15, 0.2) is 0 Å². The second-order valence-electron chi connectivity index (χ2n) is 11.1. The summed E-state index contributed by atoms with van der Waals surface area (Å²) >= 11 is 0. The van der Waals surface area contributed by atoms with Crippen LogP contribution >= 0.6 is 0 Å². The van der Waals surface area contributed by atoms with Crippen LogP contribution in [0.1, 0.15) is 53.7 Å². The number of nitrogens with zero attached hydrogens (tertiary/aromatic N) is 2. The predicted molar refractivity (Wildman–Crippen MR) is 172 cm³/mol. The third kappa shape index (κ3) is 8.38. The zero-order chi connectivity index (χ0) is 31.8. The van der Waals surface area contributed by atoms with Crippen molar-refractivity contribution in [1.82, 2.24) is 21.1 Å². The molecule has 0 unspecified atom stereocenters. The summed E-state index contributed by atoms with van der Waals surface area (Å²) in [5.41, 5.74) is 7.52. The van der Waals surface area contributed by atoms with E-state index in [0.717, 1.165) is 46.6 Å². The van der Waals surface area contributed by atoms with Gasteiger partial charge in [0.1, 0.15) is 0 Å². The number of fused-ring (bicyclic) bond motifs is 1. The third-order valence-electron chi connectivity index (χ3n) is 7.80. The Kier molecular flexibility index (Phi) is 9.93. The molecule has 232 valence electrons. The molecule has 5 rings (SSSR count). The van der Waals surface area contributed by atoms with Gasteiger partial charge in [-0.15, -0.1) is 0 Å². The van der Waals surface area contributed by atoms with Gasteiger partial charge >= 0.3 is 5.97 Å². The molecule has 1 fully saturated rings. The Morgan fingerprint density at radius 2 is 1.69 bits per heavy atom. The van der Waals surface area contributed by atoms with Crippen LogP contribution in [0.15, 0.2) is 97.6 Å². The van der Waals surface area contributed by atoms with Crippen molar-refractivity contribution in [3.8, 4) is 0 Å². The SMILES string of the molecule is COC(=O)/C=C/C(=O)NNC(=O)CCc1ccc(N2C=CN(CC3CC3)C=C2)cc1C(=O)N[C@H](C)c1cccc2ccccc12. The number of amides is 3. The van der Waals surface area contributed by atoms with E-state index < -0.39 is 17.8 Å². The summed E-state index contributed by atoms with van der Waals surface area (Å²) in [4.78, 5) is 53.5. The Hall–Kier alpha value is -5.38. The maximum atomic E-state index is 13.8. The molecule has 1 aliphatic heterocycles. The number of benzene rings is 3. The van der Waals surface area contributed by atoms with Crippen molar-refractivity contribution in [2.45, 2.75) is 38.6 Å². The monoisotopic (exact) mass is 607 g/mol. The lowest BCUT2D eigenvalue weighted by atomic mass is 9.98. The van der Waals surface area contributed by atoms with Crippen LogP contribution in [0.5, 0.6) is 0 Å². The average molecular weight is 608 g/mol. The van der Waals surface area contributed by atoms with Gasteiger partial charge in [0, 0.05) is 61.2 Å². The molecular formula is C35H37N5O5. The molecule has 0 radical (unpaired) electrons. The van der Waals surface area contributed by atoms with Gasteiger partial charge in [-0.25, -0.2) is 4.79 Å². The molecule has 1 aliphatic carbocycles. The first-order chi connectivity index (χ1) is 21.8. The molecule has 0 aromatic heterocycles. The lowest BCUT2D eigenvalue weighted by molar-refractivity contribution is -0.135. The second kappa shape index (κ2) is 14.4. The van der Waals surface area contributed by atoms with E-state index in [1.165, 1.54) is 20.0 Å². The number of carbonyl (C=O) groups is 4. The van der Waals surface area contributed by atoms with E-state index >= 15 is 0 Å². The predicted octanol–water partition coefficient (Wildman–Crippen LogP) is 4.61. The van der Waals surface area contributed by atoms with Crippen LogP contribution < -0.4 is 21.1 Å². The standard InChI is InChI=1S/C35H37N5O5/c1-24(29-9-5-7-26-6-3-4-8-30(26)29)36-35(44)31-22-28(40-20-18-39(19-21-40)23-25-10-11-25)14-12-27(31)13-15-32(41)37-38-33(42)16-17-34(43)45-2/h3-9,12,14,16-22,24-25H,10-11,13,15,23H2,1-2H3,(H,36,44)(H,37,41)(H,38,42)/b17-16+/t24-/m1/s1. The highest BCUT2D eigenvalue weighted by atomic mass is 16.5. The Morgan fingerprint density at radius 3 is 2.44 bits per heavy atom. The Balaban J connectivity index is 1.31. The van der Waals surface area contributed by atoms with E-state index in [-0.39, 0.29) is 24.8 Å². The maximum absolute atomic E-state index is 13.8. The summed E-state index contributed by atoms with van der Waals surface area (Å²) in [6, 6.07) is 19.4. The number of ether oxygens (including phenoxy) is 1. The molecule has 1 atom stereocenters. The van der Waals surface area contributed by atoms with Gasteiger partial charge in [0.25, 0.3) is 11.8 Å². The van der Waals surface area contributed by atoms with Crippen LogP contribution in [0, 0.1) is 5.92 Å².